The maximum atomic E-state index is 11.7. The normalized spacial score (nSPS) is 19.6. The Morgan fingerprint density at radius 2 is 2.43 bits per heavy atom. The monoisotopic (exact) mass is 193 g/mol. The van der Waals surface area contributed by atoms with E-state index < -0.39 is 0 Å². The molecule has 1 aromatic heterocycles. The summed E-state index contributed by atoms with van der Waals surface area (Å²) >= 11 is 0. The minimum atomic E-state index is -0.0661. The molecule has 2 heterocycles. The van der Waals surface area contributed by atoms with Crippen LogP contribution in [0.4, 0.5) is 0 Å². The third kappa shape index (κ3) is 1.17. The largest absolute Gasteiger partial charge is 0.411 e. The van der Waals surface area contributed by atoms with Gasteiger partial charge in [-0.1, -0.05) is 5.16 Å². The topological polar surface area (TPSA) is 68.7 Å². The molecule has 2 rings (SSSR count). The molecule has 0 aliphatic carbocycles. The molecule has 1 aliphatic heterocycles. The van der Waals surface area contributed by atoms with Gasteiger partial charge in [-0.05, 0) is 6.07 Å². The molecule has 1 aliphatic rings. The molecule has 2 N–H and O–H groups in total. The first kappa shape index (κ1) is 8.80. The number of nitrogens with zero attached hydrogens (tertiary/aromatic N) is 2. The van der Waals surface area contributed by atoms with Crippen LogP contribution in [-0.4, -0.2) is 40.3 Å². The van der Waals surface area contributed by atoms with Crippen LogP contribution in [0.1, 0.15) is 22.5 Å². The zero-order valence-electron chi connectivity index (χ0n) is 7.82. The molecular weight excluding hydrogens is 182 g/mol. The molecule has 0 spiro atoms. The molecule has 0 unspecified atom stereocenters. The van der Waals surface area contributed by atoms with Crippen LogP contribution in [0.3, 0.4) is 0 Å². The highest BCUT2D eigenvalue weighted by Crippen LogP contribution is 2.16. The van der Waals surface area contributed by atoms with Crippen LogP contribution in [0.5, 0.6) is 0 Å². The summed E-state index contributed by atoms with van der Waals surface area (Å²) in [6, 6.07) is 1.75. The standard InChI is InChI=1S/C9H11N3O2/c1-12-5-3-7(11-14)6-2-4-10-8(6)9(12)13/h2,4,10,14H,3,5H2,1H3. The predicted molar refractivity (Wildman–Crippen MR) is 50.7 cm³/mol. The number of carbonyl (C=O) groups excluding carboxylic acids is 1. The Bertz CT molecular complexity index is 395. The van der Waals surface area contributed by atoms with Gasteiger partial charge >= 0.3 is 0 Å². The van der Waals surface area contributed by atoms with Gasteiger partial charge in [-0.3, -0.25) is 4.79 Å². The number of aromatic nitrogens is 1. The highest BCUT2D eigenvalue weighted by molar-refractivity contribution is 6.10. The van der Waals surface area contributed by atoms with Gasteiger partial charge in [0.05, 0.1) is 5.71 Å². The number of rotatable bonds is 0. The lowest BCUT2D eigenvalue weighted by Crippen LogP contribution is -2.26. The summed E-state index contributed by atoms with van der Waals surface area (Å²) in [5.41, 5.74) is 1.75. The molecule has 1 amide bonds. The second kappa shape index (κ2) is 3.17. The van der Waals surface area contributed by atoms with Gasteiger partial charge < -0.3 is 15.1 Å². The lowest BCUT2D eigenvalue weighted by Gasteiger charge is -2.12. The molecular formula is C9H11N3O2. The van der Waals surface area contributed by atoms with E-state index in [-0.39, 0.29) is 5.91 Å². The van der Waals surface area contributed by atoms with E-state index in [1.807, 2.05) is 0 Å². The first-order valence-electron chi connectivity index (χ1n) is 4.38. The van der Waals surface area contributed by atoms with E-state index in [0.29, 0.717) is 29.9 Å². The average Bonchev–Trinajstić information content (AvgIpc) is 2.62. The molecule has 0 bridgehead atoms. The number of carbonyl (C=O) groups is 1. The quantitative estimate of drug-likeness (QED) is 0.469. The summed E-state index contributed by atoms with van der Waals surface area (Å²) in [5, 5.41) is 12.0. The van der Waals surface area contributed by atoms with E-state index in [2.05, 4.69) is 10.1 Å². The number of nitrogens with one attached hydrogen (secondary N) is 1. The number of fused-ring (bicyclic) bond motifs is 1. The molecule has 74 valence electrons. The predicted octanol–water partition coefficient (Wildman–Crippen LogP) is 0.669. The zero-order valence-corrected chi connectivity index (χ0v) is 7.82. The SMILES string of the molecule is CN1CCC(=NO)c2cc[nH]c2C1=O. The van der Waals surface area contributed by atoms with E-state index in [1.165, 1.54) is 0 Å². The molecule has 5 nitrogen and oxygen atoms in total. The van der Waals surface area contributed by atoms with Crippen molar-refractivity contribution < 1.29 is 10.0 Å². The molecule has 0 atom stereocenters. The lowest BCUT2D eigenvalue weighted by atomic mass is 10.1. The van der Waals surface area contributed by atoms with Crippen LogP contribution in [0.25, 0.3) is 0 Å². The van der Waals surface area contributed by atoms with Crippen molar-refractivity contribution in [3.8, 4) is 0 Å². The minimum Gasteiger partial charge on any atom is -0.411 e. The summed E-state index contributed by atoms with van der Waals surface area (Å²) in [6.07, 6.45) is 2.25. The second-order valence-electron chi connectivity index (χ2n) is 3.29. The fraction of sp³-hybridized carbons (Fsp3) is 0.333. The zero-order chi connectivity index (χ0) is 10.1. The van der Waals surface area contributed by atoms with Gasteiger partial charge in [-0.2, -0.15) is 0 Å². The van der Waals surface area contributed by atoms with Crippen LogP contribution in [-0.2, 0) is 0 Å². The maximum Gasteiger partial charge on any atom is 0.270 e. The maximum absolute atomic E-state index is 11.7. The smallest absolute Gasteiger partial charge is 0.270 e. The first-order valence-corrected chi connectivity index (χ1v) is 4.38. The third-order valence-electron chi connectivity index (χ3n) is 2.42. The number of oxime groups is 1. The molecule has 0 fully saturated rings. The Hall–Kier alpha value is -1.78. The van der Waals surface area contributed by atoms with Gasteiger partial charge in [0.15, 0.2) is 0 Å². The third-order valence-corrected chi connectivity index (χ3v) is 2.42. The van der Waals surface area contributed by atoms with Crippen LogP contribution in [0.2, 0.25) is 0 Å². The van der Waals surface area contributed by atoms with Gasteiger partial charge in [0.1, 0.15) is 5.69 Å². The van der Waals surface area contributed by atoms with Crippen molar-refractivity contribution in [1.29, 1.82) is 0 Å². The van der Waals surface area contributed by atoms with Crippen molar-refractivity contribution in [3.63, 3.8) is 0 Å². The van der Waals surface area contributed by atoms with Crippen LogP contribution in [0.15, 0.2) is 17.4 Å². The van der Waals surface area contributed by atoms with Gasteiger partial charge in [0.25, 0.3) is 5.91 Å². The van der Waals surface area contributed by atoms with Crippen LogP contribution < -0.4 is 0 Å². The summed E-state index contributed by atoms with van der Waals surface area (Å²) in [6.45, 7) is 0.570. The van der Waals surface area contributed by atoms with E-state index in [9.17, 15) is 4.79 Å². The average molecular weight is 193 g/mol. The fourth-order valence-corrected chi connectivity index (χ4v) is 1.59. The van der Waals surface area contributed by atoms with Gasteiger partial charge in [0.2, 0.25) is 0 Å². The Morgan fingerprint density at radius 3 is 3.14 bits per heavy atom. The first-order chi connectivity index (χ1) is 6.74. The van der Waals surface area contributed by atoms with Gasteiger partial charge in [-0.15, -0.1) is 0 Å². The van der Waals surface area contributed by atoms with E-state index >= 15 is 0 Å². The van der Waals surface area contributed by atoms with Crippen molar-refractivity contribution in [2.24, 2.45) is 5.16 Å². The van der Waals surface area contributed by atoms with E-state index in [1.54, 1.807) is 24.2 Å². The Labute approximate surface area is 81.0 Å². The number of amides is 1. The van der Waals surface area contributed by atoms with Gasteiger partial charge in [0, 0.05) is 31.8 Å². The van der Waals surface area contributed by atoms with Crippen LogP contribution >= 0.6 is 0 Å². The molecule has 0 saturated heterocycles. The molecule has 14 heavy (non-hydrogen) atoms. The Balaban J connectivity index is 2.53. The van der Waals surface area contributed by atoms with E-state index in [0.717, 1.165) is 0 Å². The molecule has 0 saturated carbocycles. The Kier molecular flexibility index (Phi) is 1.99. The summed E-state index contributed by atoms with van der Waals surface area (Å²) in [4.78, 5) is 16.2. The van der Waals surface area contributed by atoms with Crippen molar-refractivity contribution in [2.45, 2.75) is 6.42 Å². The number of H-pyrrole nitrogens is 1. The second-order valence-corrected chi connectivity index (χ2v) is 3.29. The lowest BCUT2D eigenvalue weighted by molar-refractivity contribution is 0.0796. The van der Waals surface area contributed by atoms with Crippen molar-refractivity contribution >= 4 is 11.6 Å². The van der Waals surface area contributed by atoms with E-state index in [4.69, 9.17) is 5.21 Å². The van der Waals surface area contributed by atoms with Gasteiger partial charge in [-0.25, -0.2) is 0 Å². The Morgan fingerprint density at radius 1 is 1.64 bits per heavy atom. The molecule has 0 radical (unpaired) electrons. The van der Waals surface area contributed by atoms with Crippen molar-refractivity contribution in [3.05, 3.63) is 23.5 Å². The molecule has 1 aromatic rings. The molecule has 5 heteroatoms. The number of hydrogen-bond acceptors (Lipinski definition) is 3. The summed E-state index contributed by atoms with van der Waals surface area (Å²) in [7, 11) is 1.73. The minimum absolute atomic E-state index is 0.0661. The highest BCUT2D eigenvalue weighted by atomic mass is 16.4. The van der Waals surface area contributed by atoms with Crippen LogP contribution in [0, 0.1) is 0 Å². The molecule has 0 aromatic carbocycles. The highest BCUT2D eigenvalue weighted by Gasteiger charge is 2.24. The number of hydrogen-bond donors (Lipinski definition) is 2. The number of aromatic amines is 1. The fourth-order valence-electron chi connectivity index (χ4n) is 1.59. The van der Waals surface area contributed by atoms with Crippen molar-refractivity contribution in [2.75, 3.05) is 13.6 Å². The summed E-state index contributed by atoms with van der Waals surface area (Å²) < 4.78 is 0. The summed E-state index contributed by atoms with van der Waals surface area (Å²) in [5.74, 6) is -0.0661. The van der Waals surface area contributed by atoms with Crippen molar-refractivity contribution in [1.82, 2.24) is 9.88 Å².